The number of nitrogens with zero attached hydrogens (tertiary/aromatic N) is 2. The Balaban J connectivity index is 2.44. The molecule has 1 N–H and O–H groups in total. The van der Waals surface area contributed by atoms with Crippen molar-refractivity contribution in [2.75, 3.05) is 0 Å². The minimum atomic E-state index is -0.187. The fourth-order valence-corrected chi connectivity index (χ4v) is 2.59. The van der Waals surface area contributed by atoms with Gasteiger partial charge in [-0.2, -0.15) is 5.26 Å². The third-order valence-corrected chi connectivity index (χ3v) is 3.67. The lowest BCUT2D eigenvalue weighted by atomic mass is 10.1. The molecule has 0 saturated carbocycles. The lowest BCUT2D eigenvalue weighted by molar-refractivity contribution is 0.930. The molecule has 0 saturated heterocycles. The summed E-state index contributed by atoms with van der Waals surface area (Å²) >= 11 is 5.31. The van der Waals surface area contributed by atoms with Gasteiger partial charge in [-0.05, 0) is 49.0 Å². The van der Waals surface area contributed by atoms with Gasteiger partial charge >= 0.3 is 0 Å². The van der Waals surface area contributed by atoms with Gasteiger partial charge in [-0.15, -0.1) is 0 Å². The molecular weight excluding hydrogens is 282 g/mol. The lowest BCUT2D eigenvalue weighted by Gasteiger charge is -2.11. The third-order valence-electron chi connectivity index (χ3n) is 3.38. The average molecular weight is 293 g/mol. The highest BCUT2D eigenvalue weighted by atomic mass is 32.1. The molecule has 21 heavy (non-hydrogen) atoms. The molecule has 4 nitrogen and oxygen atoms in total. The number of H-pyrrole nitrogens is 1. The Bertz CT molecular complexity index is 1010. The van der Waals surface area contributed by atoms with Crippen LogP contribution in [-0.2, 0) is 0 Å². The highest BCUT2D eigenvalue weighted by Gasteiger charge is 2.10. The van der Waals surface area contributed by atoms with Crippen molar-refractivity contribution in [3.63, 3.8) is 0 Å². The van der Waals surface area contributed by atoms with Crippen molar-refractivity contribution in [1.29, 1.82) is 5.26 Å². The van der Waals surface area contributed by atoms with E-state index in [9.17, 15) is 4.79 Å². The Labute approximate surface area is 125 Å². The van der Waals surface area contributed by atoms with Gasteiger partial charge in [0.05, 0.1) is 28.2 Å². The van der Waals surface area contributed by atoms with Gasteiger partial charge in [-0.1, -0.05) is 18.2 Å². The van der Waals surface area contributed by atoms with Crippen LogP contribution < -0.4 is 5.56 Å². The van der Waals surface area contributed by atoms with Gasteiger partial charge in [0, 0.05) is 0 Å². The summed E-state index contributed by atoms with van der Waals surface area (Å²) < 4.78 is 1.75. The zero-order valence-electron chi connectivity index (χ0n) is 11.3. The molecule has 1 heterocycles. The number of fused-ring (bicyclic) bond motifs is 1. The largest absolute Gasteiger partial charge is 0.331 e. The molecule has 0 amide bonds. The van der Waals surface area contributed by atoms with E-state index >= 15 is 0 Å². The molecule has 3 aromatic rings. The van der Waals surface area contributed by atoms with E-state index in [-0.39, 0.29) is 5.56 Å². The van der Waals surface area contributed by atoms with Gasteiger partial charge < -0.3 is 4.98 Å². The number of para-hydroxylation sites is 1. The van der Waals surface area contributed by atoms with Crippen LogP contribution in [0, 0.1) is 23.0 Å². The van der Waals surface area contributed by atoms with Crippen molar-refractivity contribution < 1.29 is 0 Å². The van der Waals surface area contributed by atoms with Crippen molar-refractivity contribution in [1.82, 2.24) is 9.55 Å². The van der Waals surface area contributed by atoms with E-state index in [2.05, 4.69) is 11.1 Å². The Hall–Kier alpha value is -2.71. The molecule has 0 spiro atoms. The number of nitrogens with one attached hydrogen (secondary N) is 1. The summed E-state index contributed by atoms with van der Waals surface area (Å²) in [7, 11) is 0. The number of aromatic amines is 1. The molecule has 0 radical (unpaired) electrons. The summed E-state index contributed by atoms with van der Waals surface area (Å²) in [5.74, 6) is 0. The van der Waals surface area contributed by atoms with Gasteiger partial charge in [0.15, 0.2) is 4.77 Å². The summed E-state index contributed by atoms with van der Waals surface area (Å²) in [4.78, 5) is 15.8. The van der Waals surface area contributed by atoms with E-state index in [0.717, 1.165) is 5.56 Å². The molecule has 0 unspecified atom stereocenters. The molecule has 0 aliphatic carbocycles. The van der Waals surface area contributed by atoms with Crippen molar-refractivity contribution >= 4 is 23.1 Å². The maximum Gasteiger partial charge on any atom is 0.266 e. The molecule has 0 bridgehead atoms. The van der Waals surface area contributed by atoms with Crippen molar-refractivity contribution in [2.24, 2.45) is 0 Å². The van der Waals surface area contributed by atoms with Crippen LogP contribution in [0.1, 0.15) is 11.1 Å². The van der Waals surface area contributed by atoms with Crippen LogP contribution in [0.2, 0.25) is 0 Å². The number of aromatic nitrogens is 2. The second kappa shape index (κ2) is 5.00. The first-order chi connectivity index (χ1) is 10.1. The molecular formula is C16H11N3OS. The fourth-order valence-electron chi connectivity index (χ4n) is 2.30. The number of benzene rings is 2. The van der Waals surface area contributed by atoms with E-state index in [1.165, 1.54) is 4.57 Å². The minimum absolute atomic E-state index is 0.187. The molecule has 0 aliphatic rings. The fraction of sp³-hybridized carbons (Fsp3) is 0.0625. The Morgan fingerprint density at radius 1 is 1.24 bits per heavy atom. The minimum Gasteiger partial charge on any atom is -0.331 e. The molecule has 3 rings (SSSR count). The second-order valence-corrected chi connectivity index (χ2v) is 5.12. The number of nitriles is 1. The summed E-state index contributed by atoms with van der Waals surface area (Å²) in [5.41, 5.74) is 2.52. The maximum absolute atomic E-state index is 12.7. The smallest absolute Gasteiger partial charge is 0.266 e. The lowest BCUT2D eigenvalue weighted by Crippen LogP contribution is -2.21. The van der Waals surface area contributed by atoms with Crippen molar-refractivity contribution in [2.45, 2.75) is 6.92 Å². The zero-order valence-corrected chi connectivity index (χ0v) is 12.1. The summed E-state index contributed by atoms with van der Waals surface area (Å²) in [5, 5.41) is 9.60. The topological polar surface area (TPSA) is 61.6 Å². The first-order valence-electron chi connectivity index (χ1n) is 6.37. The summed E-state index contributed by atoms with van der Waals surface area (Å²) in [6.45, 7) is 1.88. The van der Waals surface area contributed by atoms with Gasteiger partial charge in [-0.25, -0.2) is 0 Å². The van der Waals surface area contributed by atoms with Crippen LogP contribution in [0.25, 0.3) is 16.6 Å². The Kier molecular flexibility index (Phi) is 3.16. The number of aryl methyl sites for hydroxylation is 1. The molecule has 1 aromatic heterocycles. The predicted molar refractivity (Wildman–Crippen MR) is 84.2 cm³/mol. The normalized spacial score (nSPS) is 10.5. The monoisotopic (exact) mass is 293 g/mol. The van der Waals surface area contributed by atoms with Crippen LogP contribution in [-0.4, -0.2) is 9.55 Å². The number of rotatable bonds is 1. The van der Waals surface area contributed by atoms with Gasteiger partial charge in [-0.3, -0.25) is 9.36 Å². The Morgan fingerprint density at radius 2 is 2.00 bits per heavy atom. The van der Waals surface area contributed by atoms with E-state index in [1.54, 1.807) is 18.2 Å². The second-order valence-electron chi connectivity index (χ2n) is 4.73. The van der Waals surface area contributed by atoms with E-state index in [4.69, 9.17) is 17.5 Å². The molecule has 0 aliphatic heterocycles. The SMILES string of the molecule is Cc1ccc(C#N)cc1-n1c(=S)[nH]c2ccccc2c1=O. The zero-order chi connectivity index (χ0) is 15.0. The van der Waals surface area contributed by atoms with Gasteiger partial charge in [0.2, 0.25) is 0 Å². The average Bonchev–Trinajstić information content (AvgIpc) is 2.49. The van der Waals surface area contributed by atoms with Crippen LogP contribution in [0.5, 0.6) is 0 Å². The van der Waals surface area contributed by atoms with Gasteiger partial charge in [0.25, 0.3) is 5.56 Å². The number of hydrogen-bond donors (Lipinski definition) is 1. The van der Waals surface area contributed by atoms with Crippen LogP contribution >= 0.6 is 12.2 Å². The third kappa shape index (κ3) is 2.16. The highest BCUT2D eigenvalue weighted by Crippen LogP contribution is 2.16. The Morgan fingerprint density at radius 3 is 2.76 bits per heavy atom. The van der Waals surface area contributed by atoms with E-state index in [1.807, 2.05) is 31.2 Å². The first kappa shape index (κ1) is 13.3. The molecule has 102 valence electrons. The van der Waals surface area contributed by atoms with E-state index in [0.29, 0.717) is 26.9 Å². The van der Waals surface area contributed by atoms with Gasteiger partial charge in [0.1, 0.15) is 0 Å². The standard InChI is InChI=1S/C16H11N3OS/c1-10-6-7-11(9-17)8-14(10)19-15(20)12-4-2-3-5-13(12)18-16(19)21/h2-8H,1H3,(H,18,21). The number of hydrogen-bond acceptors (Lipinski definition) is 3. The summed E-state index contributed by atoms with van der Waals surface area (Å²) in [6, 6.07) is 14.5. The summed E-state index contributed by atoms with van der Waals surface area (Å²) in [6.07, 6.45) is 0. The predicted octanol–water partition coefficient (Wildman–Crippen LogP) is 3.23. The molecule has 0 fully saturated rings. The molecule has 5 heteroatoms. The van der Waals surface area contributed by atoms with Crippen molar-refractivity contribution in [3.8, 4) is 11.8 Å². The van der Waals surface area contributed by atoms with Crippen LogP contribution in [0.4, 0.5) is 0 Å². The molecule has 0 atom stereocenters. The first-order valence-corrected chi connectivity index (χ1v) is 6.78. The molecule has 2 aromatic carbocycles. The maximum atomic E-state index is 12.7. The van der Waals surface area contributed by atoms with Crippen LogP contribution in [0.3, 0.4) is 0 Å². The van der Waals surface area contributed by atoms with E-state index < -0.39 is 0 Å². The van der Waals surface area contributed by atoms with Crippen molar-refractivity contribution in [3.05, 3.63) is 68.7 Å². The quantitative estimate of drug-likeness (QED) is 0.701. The highest BCUT2D eigenvalue weighted by molar-refractivity contribution is 7.71. The van der Waals surface area contributed by atoms with Crippen LogP contribution in [0.15, 0.2) is 47.3 Å².